The van der Waals surface area contributed by atoms with E-state index in [1.165, 1.54) is 5.56 Å². The molecule has 0 bridgehead atoms. The van der Waals surface area contributed by atoms with E-state index in [1.807, 2.05) is 24.3 Å². The summed E-state index contributed by atoms with van der Waals surface area (Å²) in [6, 6.07) is 9.97. The number of nitrogens with zero attached hydrogens (tertiary/aromatic N) is 1. The molecule has 0 fully saturated rings. The van der Waals surface area contributed by atoms with Gasteiger partial charge in [-0.25, -0.2) is 0 Å². The summed E-state index contributed by atoms with van der Waals surface area (Å²) in [5.74, 6) is 0. The highest BCUT2D eigenvalue weighted by molar-refractivity contribution is 9.10. The van der Waals surface area contributed by atoms with Crippen molar-refractivity contribution in [2.45, 2.75) is 6.92 Å². The van der Waals surface area contributed by atoms with Crippen LogP contribution in [0.3, 0.4) is 0 Å². The van der Waals surface area contributed by atoms with Crippen molar-refractivity contribution < 1.29 is 0 Å². The number of aryl methyl sites for hydroxylation is 1. The third-order valence-electron chi connectivity index (χ3n) is 3.05. The molecule has 4 N–H and O–H groups in total. The predicted octanol–water partition coefficient (Wildman–Crippen LogP) is 3.96. The molecule has 0 atom stereocenters. The summed E-state index contributed by atoms with van der Waals surface area (Å²) in [4.78, 5) is 0. The third kappa shape index (κ3) is 2.29. The molecule has 0 aliphatic heterocycles. The lowest BCUT2D eigenvalue weighted by Gasteiger charge is -2.11. The van der Waals surface area contributed by atoms with Gasteiger partial charge >= 0.3 is 0 Å². The van der Waals surface area contributed by atoms with Crippen LogP contribution in [0.25, 0.3) is 10.9 Å². The third-order valence-corrected chi connectivity index (χ3v) is 3.94. The van der Waals surface area contributed by atoms with Gasteiger partial charge in [-0.1, -0.05) is 15.9 Å². The first-order chi connectivity index (χ1) is 9.13. The van der Waals surface area contributed by atoms with Crippen LogP contribution in [-0.2, 0) is 0 Å². The Morgan fingerprint density at radius 3 is 2.89 bits per heavy atom. The fraction of sp³-hybridized carbons (Fsp3) is 0.0714. The van der Waals surface area contributed by atoms with E-state index in [0.29, 0.717) is 5.69 Å². The Morgan fingerprint density at radius 2 is 2.11 bits per heavy atom. The number of nitrogen functional groups attached to an aromatic ring is 1. The Bertz CT molecular complexity index is 748. The van der Waals surface area contributed by atoms with Crippen molar-refractivity contribution in [3.63, 3.8) is 0 Å². The molecule has 5 heteroatoms. The van der Waals surface area contributed by atoms with Crippen LogP contribution >= 0.6 is 15.9 Å². The van der Waals surface area contributed by atoms with Gasteiger partial charge in [0, 0.05) is 15.5 Å². The van der Waals surface area contributed by atoms with Gasteiger partial charge in [0.05, 0.1) is 23.1 Å². The summed E-state index contributed by atoms with van der Waals surface area (Å²) in [6.07, 6.45) is 1.76. The van der Waals surface area contributed by atoms with E-state index in [4.69, 9.17) is 5.73 Å². The van der Waals surface area contributed by atoms with E-state index in [1.54, 1.807) is 6.20 Å². The quantitative estimate of drug-likeness (QED) is 0.627. The van der Waals surface area contributed by atoms with Crippen molar-refractivity contribution in [2.75, 3.05) is 11.1 Å². The number of H-pyrrole nitrogens is 1. The SMILES string of the molecule is Cc1cc(Nc2cc3[nH]ncc3cc2N)ccc1Br. The van der Waals surface area contributed by atoms with Gasteiger partial charge in [-0.15, -0.1) is 0 Å². The van der Waals surface area contributed by atoms with E-state index >= 15 is 0 Å². The molecule has 3 rings (SSSR count). The minimum atomic E-state index is 0.703. The number of nitrogens with two attached hydrogens (primary N) is 1. The topological polar surface area (TPSA) is 66.7 Å². The molecule has 0 aliphatic carbocycles. The number of aromatic nitrogens is 2. The standard InChI is InChI=1S/C14H13BrN4/c1-8-4-10(2-3-11(8)15)18-14-6-13-9(5-12(14)16)7-17-19-13/h2-7,18H,16H2,1H3,(H,17,19). The van der Waals surface area contributed by atoms with Crippen LogP contribution < -0.4 is 11.1 Å². The van der Waals surface area contributed by atoms with Crippen molar-refractivity contribution in [3.8, 4) is 0 Å². The smallest absolute Gasteiger partial charge is 0.0672 e. The van der Waals surface area contributed by atoms with Gasteiger partial charge in [-0.05, 0) is 42.8 Å². The molecule has 0 unspecified atom stereocenters. The molecule has 19 heavy (non-hydrogen) atoms. The Labute approximate surface area is 119 Å². The van der Waals surface area contributed by atoms with Crippen LogP contribution in [0, 0.1) is 6.92 Å². The molecular formula is C14H13BrN4. The van der Waals surface area contributed by atoms with Crippen LogP contribution in [-0.4, -0.2) is 10.2 Å². The van der Waals surface area contributed by atoms with E-state index < -0.39 is 0 Å². The van der Waals surface area contributed by atoms with Crippen LogP contribution in [0.2, 0.25) is 0 Å². The first kappa shape index (κ1) is 12.0. The zero-order valence-corrected chi connectivity index (χ0v) is 12.0. The molecule has 0 spiro atoms. The normalized spacial score (nSPS) is 10.8. The molecule has 0 saturated heterocycles. The number of hydrogen-bond donors (Lipinski definition) is 3. The van der Waals surface area contributed by atoms with Gasteiger partial charge in [0.25, 0.3) is 0 Å². The Balaban J connectivity index is 1.99. The van der Waals surface area contributed by atoms with Crippen LogP contribution in [0.5, 0.6) is 0 Å². The number of nitrogens with one attached hydrogen (secondary N) is 2. The first-order valence-corrected chi connectivity index (χ1v) is 6.68. The lowest BCUT2D eigenvalue weighted by Crippen LogP contribution is -1.96. The fourth-order valence-electron chi connectivity index (χ4n) is 2.00. The van der Waals surface area contributed by atoms with Gasteiger partial charge in [0.15, 0.2) is 0 Å². The van der Waals surface area contributed by atoms with Crippen LogP contribution in [0.1, 0.15) is 5.56 Å². The number of hydrogen-bond acceptors (Lipinski definition) is 3. The minimum absolute atomic E-state index is 0.703. The van der Waals surface area contributed by atoms with Gasteiger partial charge in [0.1, 0.15) is 0 Å². The van der Waals surface area contributed by atoms with Crippen molar-refractivity contribution in [3.05, 3.63) is 46.6 Å². The van der Waals surface area contributed by atoms with Crippen molar-refractivity contribution in [2.24, 2.45) is 0 Å². The summed E-state index contributed by atoms with van der Waals surface area (Å²) >= 11 is 3.49. The zero-order chi connectivity index (χ0) is 13.4. The summed E-state index contributed by atoms with van der Waals surface area (Å²) in [7, 11) is 0. The maximum Gasteiger partial charge on any atom is 0.0672 e. The van der Waals surface area contributed by atoms with E-state index in [-0.39, 0.29) is 0 Å². The predicted molar refractivity (Wildman–Crippen MR) is 82.7 cm³/mol. The average molecular weight is 317 g/mol. The Morgan fingerprint density at radius 1 is 1.26 bits per heavy atom. The molecule has 3 aromatic rings. The van der Waals surface area contributed by atoms with Gasteiger partial charge < -0.3 is 11.1 Å². The lowest BCUT2D eigenvalue weighted by molar-refractivity contribution is 1.12. The monoisotopic (exact) mass is 316 g/mol. The van der Waals surface area contributed by atoms with Gasteiger partial charge in [0.2, 0.25) is 0 Å². The molecule has 1 heterocycles. The molecule has 4 nitrogen and oxygen atoms in total. The van der Waals surface area contributed by atoms with Gasteiger partial charge in [-0.2, -0.15) is 5.10 Å². The molecule has 0 radical (unpaired) electrons. The molecular weight excluding hydrogens is 304 g/mol. The van der Waals surface area contributed by atoms with Crippen molar-refractivity contribution in [1.29, 1.82) is 0 Å². The second-order valence-corrected chi connectivity index (χ2v) is 5.34. The summed E-state index contributed by atoms with van der Waals surface area (Å²) in [5.41, 5.74) is 10.8. The largest absolute Gasteiger partial charge is 0.397 e. The summed E-state index contributed by atoms with van der Waals surface area (Å²) < 4.78 is 1.09. The van der Waals surface area contributed by atoms with Crippen molar-refractivity contribution >= 4 is 43.9 Å². The zero-order valence-electron chi connectivity index (χ0n) is 10.4. The molecule has 1 aromatic heterocycles. The number of fused-ring (bicyclic) bond motifs is 1. The summed E-state index contributed by atoms with van der Waals surface area (Å²) in [5, 5.41) is 11.3. The maximum absolute atomic E-state index is 6.05. The number of anilines is 3. The highest BCUT2D eigenvalue weighted by Gasteiger charge is 2.05. The second kappa shape index (κ2) is 4.59. The minimum Gasteiger partial charge on any atom is -0.397 e. The fourth-order valence-corrected chi connectivity index (χ4v) is 2.24. The molecule has 2 aromatic carbocycles. The number of aromatic amines is 1. The highest BCUT2D eigenvalue weighted by atomic mass is 79.9. The molecule has 0 saturated carbocycles. The van der Waals surface area contributed by atoms with Crippen LogP contribution in [0.15, 0.2) is 41.0 Å². The van der Waals surface area contributed by atoms with E-state index in [9.17, 15) is 0 Å². The van der Waals surface area contributed by atoms with E-state index in [2.05, 4.69) is 44.4 Å². The number of halogens is 1. The Kier molecular flexibility index (Phi) is 2.91. The number of rotatable bonds is 2. The molecule has 0 aliphatic rings. The van der Waals surface area contributed by atoms with Crippen molar-refractivity contribution in [1.82, 2.24) is 10.2 Å². The Hall–Kier alpha value is -2.01. The summed E-state index contributed by atoms with van der Waals surface area (Å²) in [6.45, 7) is 2.05. The molecule has 96 valence electrons. The van der Waals surface area contributed by atoms with E-state index in [0.717, 1.165) is 26.8 Å². The second-order valence-electron chi connectivity index (χ2n) is 4.49. The number of benzene rings is 2. The lowest BCUT2D eigenvalue weighted by atomic mass is 10.2. The average Bonchev–Trinajstić information content (AvgIpc) is 2.81. The maximum atomic E-state index is 6.05. The van der Waals surface area contributed by atoms with Crippen LogP contribution in [0.4, 0.5) is 17.1 Å². The molecule has 0 amide bonds. The first-order valence-electron chi connectivity index (χ1n) is 5.89. The van der Waals surface area contributed by atoms with Gasteiger partial charge in [-0.3, -0.25) is 5.10 Å². The highest BCUT2D eigenvalue weighted by Crippen LogP contribution is 2.29.